The predicted molar refractivity (Wildman–Crippen MR) is 84.6 cm³/mol. The van der Waals surface area contributed by atoms with Crippen LogP contribution in [0, 0.1) is 5.41 Å². The molecule has 1 aromatic heterocycles. The number of imidazole rings is 1. The summed E-state index contributed by atoms with van der Waals surface area (Å²) in [5, 5.41) is 3.51. The van der Waals surface area contributed by atoms with Crippen LogP contribution in [-0.4, -0.2) is 22.6 Å². The Morgan fingerprint density at radius 2 is 1.85 bits per heavy atom. The summed E-state index contributed by atoms with van der Waals surface area (Å²) < 4.78 is 2.21. The van der Waals surface area contributed by atoms with Gasteiger partial charge in [0.1, 0.15) is 5.82 Å². The number of hydrogen-bond donors (Lipinski definition) is 1. The summed E-state index contributed by atoms with van der Waals surface area (Å²) in [6, 6.07) is 10.3. The highest BCUT2D eigenvalue weighted by Gasteiger charge is 2.09. The zero-order chi connectivity index (χ0) is 14.4. The average Bonchev–Trinajstić information content (AvgIpc) is 2.86. The van der Waals surface area contributed by atoms with Crippen LogP contribution < -0.4 is 5.32 Å². The van der Waals surface area contributed by atoms with E-state index in [9.17, 15) is 0 Å². The van der Waals surface area contributed by atoms with Crippen molar-refractivity contribution < 1.29 is 0 Å². The summed E-state index contributed by atoms with van der Waals surface area (Å²) in [4.78, 5) is 4.46. The summed E-state index contributed by atoms with van der Waals surface area (Å²) in [6.45, 7) is 9.83. The average molecular weight is 271 g/mol. The number of nitrogens with one attached hydrogen (secondary N) is 1. The minimum absolute atomic E-state index is 0.400. The molecule has 0 aliphatic heterocycles. The zero-order valence-electron chi connectivity index (χ0n) is 12.8. The van der Waals surface area contributed by atoms with Crippen molar-refractivity contribution in [1.82, 2.24) is 14.9 Å². The molecule has 3 heteroatoms. The lowest BCUT2D eigenvalue weighted by Gasteiger charge is -2.18. The molecule has 2 rings (SSSR count). The quantitative estimate of drug-likeness (QED) is 0.814. The van der Waals surface area contributed by atoms with E-state index in [0.29, 0.717) is 5.41 Å². The molecule has 0 bridgehead atoms. The first-order valence-corrected chi connectivity index (χ1v) is 7.33. The molecule has 0 amide bonds. The monoisotopic (exact) mass is 271 g/mol. The highest BCUT2D eigenvalue weighted by molar-refractivity contribution is 5.55. The van der Waals surface area contributed by atoms with Crippen molar-refractivity contribution in [3.8, 4) is 11.4 Å². The molecule has 108 valence electrons. The van der Waals surface area contributed by atoms with Crippen molar-refractivity contribution in [2.24, 2.45) is 5.41 Å². The van der Waals surface area contributed by atoms with Gasteiger partial charge in [-0.15, -0.1) is 0 Å². The van der Waals surface area contributed by atoms with Crippen LogP contribution in [-0.2, 0) is 6.54 Å². The Kier molecular flexibility index (Phi) is 4.96. The minimum Gasteiger partial charge on any atom is -0.330 e. The smallest absolute Gasteiger partial charge is 0.139 e. The van der Waals surface area contributed by atoms with Gasteiger partial charge in [0.05, 0.1) is 0 Å². The van der Waals surface area contributed by atoms with Gasteiger partial charge in [0.15, 0.2) is 0 Å². The molecule has 0 unspecified atom stereocenters. The highest BCUT2D eigenvalue weighted by atomic mass is 15.1. The fraction of sp³-hybridized carbons (Fsp3) is 0.471. The minimum atomic E-state index is 0.400. The van der Waals surface area contributed by atoms with Gasteiger partial charge in [0.2, 0.25) is 0 Å². The number of hydrogen-bond acceptors (Lipinski definition) is 2. The van der Waals surface area contributed by atoms with E-state index >= 15 is 0 Å². The van der Waals surface area contributed by atoms with Gasteiger partial charge < -0.3 is 9.88 Å². The van der Waals surface area contributed by atoms with Crippen molar-refractivity contribution >= 4 is 0 Å². The van der Waals surface area contributed by atoms with Crippen molar-refractivity contribution in [3.05, 3.63) is 42.7 Å². The van der Waals surface area contributed by atoms with Gasteiger partial charge in [-0.3, -0.25) is 0 Å². The lowest BCUT2D eigenvalue weighted by atomic mass is 9.92. The standard InChI is InChI=1S/C17H25N3/c1-17(2,3)9-10-18-11-13-20-14-12-19-16(20)15-7-5-4-6-8-15/h4-8,12,14,18H,9-11,13H2,1-3H3. The number of rotatable bonds is 6. The van der Waals surface area contributed by atoms with Crippen LogP contribution in [0.15, 0.2) is 42.7 Å². The third-order valence-corrected chi connectivity index (χ3v) is 3.33. The zero-order valence-corrected chi connectivity index (χ0v) is 12.8. The second kappa shape index (κ2) is 6.71. The molecule has 3 nitrogen and oxygen atoms in total. The third kappa shape index (κ3) is 4.49. The van der Waals surface area contributed by atoms with E-state index in [0.717, 1.165) is 25.5 Å². The molecule has 0 saturated carbocycles. The third-order valence-electron chi connectivity index (χ3n) is 3.33. The van der Waals surface area contributed by atoms with E-state index in [2.05, 4.69) is 59.9 Å². The first kappa shape index (κ1) is 14.8. The molecule has 0 spiro atoms. The molecule has 20 heavy (non-hydrogen) atoms. The van der Waals surface area contributed by atoms with Gasteiger partial charge in [-0.25, -0.2) is 4.98 Å². The fourth-order valence-electron chi connectivity index (χ4n) is 2.13. The Morgan fingerprint density at radius 1 is 1.10 bits per heavy atom. The van der Waals surface area contributed by atoms with Gasteiger partial charge in [0, 0.05) is 31.0 Å². The Balaban J connectivity index is 1.84. The van der Waals surface area contributed by atoms with E-state index in [1.165, 1.54) is 12.0 Å². The Morgan fingerprint density at radius 3 is 2.55 bits per heavy atom. The lowest BCUT2D eigenvalue weighted by molar-refractivity contribution is 0.365. The van der Waals surface area contributed by atoms with Crippen LogP contribution in [0.3, 0.4) is 0 Å². The molecule has 0 aliphatic rings. The summed E-state index contributed by atoms with van der Waals surface area (Å²) >= 11 is 0. The maximum Gasteiger partial charge on any atom is 0.139 e. The first-order valence-electron chi connectivity index (χ1n) is 7.33. The molecule has 1 N–H and O–H groups in total. The Labute approximate surface area is 122 Å². The van der Waals surface area contributed by atoms with Gasteiger partial charge in [-0.05, 0) is 18.4 Å². The summed E-state index contributed by atoms with van der Waals surface area (Å²) in [5.41, 5.74) is 1.57. The molecular formula is C17H25N3. The highest BCUT2D eigenvalue weighted by Crippen LogP contribution is 2.17. The molecule has 0 fully saturated rings. The van der Waals surface area contributed by atoms with E-state index in [-0.39, 0.29) is 0 Å². The van der Waals surface area contributed by atoms with Gasteiger partial charge >= 0.3 is 0 Å². The van der Waals surface area contributed by atoms with Crippen LogP contribution in [0.25, 0.3) is 11.4 Å². The SMILES string of the molecule is CC(C)(C)CCNCCn1ccnc1-c1ccccc1. The van der Waals surface area contributed by atoms with E-state index in [1.807, 2.05) is 18.5 Å². The topological polar surface area (TPSA) is 29.9 Å². The second-order valence-electron chi connectivity index (χ2n) is 6.37. The van der Waals surface area contributed by atoms with Crippen LogP contribution in [0.1, 0.15) is 27.2 Å². The largest absolute Gasteiger partial charge is 0.330 e. The van der Waals surface area contributed by atoms with Crippen LogP contribution in [0.2, 0.25) is 0 Å². The van der Waals surface area contributed by atoms with Crippen molar-refractivity contribution in [2.45, 2.75) is 33.7 Å². The van der Waals surface area contributed by atoms with Gasteiger partial charge in [0.25, 0.3) is 0 Å². The molecule has 0 radical (unpaired) electrons. The van der Waals surface area contributed by atoms with Crippen molar-refractivity contribution in [1.29, 1.82) is 0 Å². The van der Waals surface area contributed by atoms with Gasteiger partial charge in [-0.1, -0.05) is 51.1 Å². The van der Waals surface area contributed by atoms with E-state index in [4.69, 9.17) is 0 Å². The van der Waals surface area contributed by atoms with Crippen LogP contribution >= 0.6 is 0 Å². The van der Waals surface area contributed by atoms with E-state index in [1.54, 1.807) is 0 Å². The maximum absolute atomic E-state index is 4.46. The maximum atomic E-state index is 4.46. The lowest BCUT2D eigenvalue weighted by Crippen LogP contribution is -2.24. The summed E-state index contributed by atoms with van der Waals surface area (Å²) in [5.74, 6) is 1.04. The second-order valence-corrected chi connectivity index (χ2v) is 6.37. The predicted octanol–water partition coefficient (Wildman–Crippen LogP) is 3.58. The molecule has 1 heterocycles. The molecule has 0 atom stereocenters. The molecule has 1 aromatic carbocycles. The van der Waals surface area contributed by atoms with Crippen LogP contribution in [0.5, 0.6) is 0 Å². The molecule has 0 saturated heterocycles. The summed E-state index contributed by atoms with van der Waals surface area (Å²) in [7, 11) is 0. The van der Waals surface area contributed by atoms with Crippen molar-refractivity contribution in [2.75, 3.05) is 13.1 Å². The molecule has 0 aliphatic carbocycles. The normalized spacial score (nSPS) is 11.8. The molecule has 2 aromatic rings. The van der Waals surface area contributed by atoms with E-state index < -0.39 is 0 Å². The Hall–Kier alpha value is -1.61. The van der Waals surface area contributed by atoms with Crippen LogP contribution in [0.4, 0.5) is 0 Å². The number of benzene rings is 1. The molecular weight excluding hydrogens is 246 g/mol. The van der Waals surface area contributed by atoms with Crippen molar-refractivity contribution in [3.63, 3.8) is 0 Å². The fourth-order valence-corrected chi connectivity index (χ4v) is 2.13. The first-order chi connectivity index (χ1) is 9.56. The number of nitrogens with zero attached hydrogens (tertiary/aromatic N) is 2. The summed E-state index contributed by atoms with van der Waals surface area (Å²) in [6.07, 6.45) is 5.12. The number of aromatic nitrogens is 2. The Bertz CT molecular complexity index is 509. The van der Waals surface area contributed by atoms with Gasteiger partial charge in [-0.2, -0.15) is 0 Å².